The SMILES string of the molecule is CC(C)(C)COS(=O)(=O)c1cc(C(=O)c2cc(Cl)ccc2Cl)ccc1C(=O)c1cc(Cl)ccc1Cl. The molecule has 0 saturated carbocycles. The molecule has 0 atom stereocenters. The lowest BCUT2D eigenvalue weighted by molar-refractivity contribution is 0.102. The van der Waals surface area contributed by atoms with Crippen molar-refractivity contribution in [2.45, 2.75) is 25.7 Å². The lowest BCUT2D eigenvalue weighted by atomic mass is 9.98. The first kappa shape index (κ1) is 27.7. The smallest absolute Gasteiger partial charge is 0.289 e. The number of carbonyl (C=O) groups is 2. The molecule has 0 aliphatic carbocycles. The van der Waals surface area contributed by atoms with E-state index in [2.05, 4.69) is 0 Å². The molecule has 184 valence electrons. The van der Waals surface area contributed by atoms with E-state index in [0.717, 1.165) is 6.07 Å². The zero-order valence-electron chi connectivity index (χ0n) is 18.9. The van der Waals surface area contributed by atoms with Crippen molar-refractivity contribution < 1.29 is 22.2 Å². The van der Waals surface area contributed by atoms with Gasteiger partial charge in [-0.1, -0.05) is 73.2 Å². The molecule has 3 aromatic rings. The molecule has 5 nitrogen and oxygen atoms in total. The lowest BCUT2D eigenvalue weighted by Crippen LogP contribution is -2.21. The number of benzene rings is 3. The molecular formula is C25H20Cl4O5S. The summed E-state index contributed by atoms with van der Waals surface area (Å²) in [4.78, 5) is 26.0. The quantitative estimate of drug-likeness (QED) is 0.216. The average Bonchev–Trinajstić information content (AvgIpc) is 2.79. The molecule has 0 aromatic heterocycles. The minimum absolute atomic E-state index is 0.00315. The summed E-state index contributed by atoms with van der Waals surface area (Å²) in [5.74, 6) is -1.28. The third-order valence-corrected chi connectivity index (χ3v) is 7.18. The van der Waals surface area contributed by atoms with Gasteiger partial charge in [-0.15, -0.1) is 0 Å². The van der Waals surface area contributed by atoms with Crippen LogP contribution < -0.4 is 0 Å². The molecule has 0 spiro atoms. The van der Waals surface area contributed by atoms with E-state index in [1.807, 2.05) is 0 Å². The fourth-order valence-electron chi connectivity index (χ4n) is 3.02. The molecule has 0 saturated heterocycles. The molecule has 3 rings (SSSR count). The van der Waals surface area contributed by atoms with E-state index in [1.165, 1.54) is 48.5 Å². The predicted molar refractivity (Wildman–Crippen MR) is 139 cm³/mol. The number of hydrogen-bond donors (Lipinski definition) is 0. The van der Waals surface area contributed by atoms with Gasteiger partial charge in [-0.05, 0) is 53.9 Å². The summed E-state index contributed by atoms with van der Waals surface area (Å²) in [6, 6.07) is 12.3. The van der Waals surface area contributed by atoms with Crippen molar-refractivity contribution in [2.24, 2.45) is 5.41 Å². The van der Waals surface area contributed by atoms with Crippen LogP contribution in [0.5, 0.6) is 0 Å². The maximum absolute atomic E-state index is 13.4. The van der Waals surface area contributed by atoms with Crippen molar-refractivity contribution >= 4 is 68.1 Å². The van der Waals surface area contributed by atoms with Gasteiger partial charge in [0.05, 0.1) is 16.7 Å². The monoisotopic (exact) mass is 572 g/mol. The number of carbonyl (C=O) groups excluding carboxylic acids is 2. The maximum Gasteiger partial charge on any atom is 0.297 e. The first-order valence-electron chi connectivity index (χ1n) is 10.2. The summed E-state index contributed by atoms with van der Waals surface area (Å²) in [5, 5.41) is 0.748. The van der Waals surface area contributed by atoms with Gasteiger partial charge in [-0.25, -0.2) is 0 Å². The molecule has 0 unspecified atom stereocenters. The van der Waals surface area contributed by atoms with Crippen LogP contribution in [0.4, 0.5) is 0 Å². The van der Waals surface area contributed by atoms with Gasteiger partial charge in [0.25, 0.3) is 10.1 Å². The number of rotatable bonds is 7. The fourth-order valence-corrected chi connectivity index (χ4v) is 5.11. The third-order valence-electron chi connectivity index (χ3n) is 4.75. The standard InChI is InChI=1S/C25H20Cl4O5S/c1-25(2,3)13-34-35(32,33)22-10-14(23(30)18-11-15(26)5-8-20(18)28)4-7-17(22)24(31)19-12-16(27)6-9-21(19)29/h4-12H,13H2,1-3H3. The zero-order valence-corrected chi connectivity index (χ0v) is 22.7. The van der Waals surface area contributed by atoms with Crippen LogP contribution in [0, 0.1) is 5.41 Å². The van der Waals surface area contributed by atoms with Crippen LogP contribution in [-0.2, 0) is 14.3 Å². The van der Waals surface area contributed by atoms with Crippen molar-refractivity contribution in [3.8, 4) is 0 Å². The Hall–Kier alpha value is -1.93. The Morgan fingerprint density at radius 3 is 1.77 bits per heavy atom. The first-order chi connectivity index (χ1) is 16.2. The summed E-state index contributed by atoms with van der Waals surface area (Å²) in [7, 11) is -4.46. The summed E-state index contributed by atoms with van der Waals surface area (Å²) < 4.78 is 31.7. The molecule has 0 bridgehead atoms. The molecule has 0 heterocycles. The maximum atomic E-state index is 13.4. The predicted octanol–water partition coefficient (Wildman–Crippen LogP) is 7.51. The van der Waals surface area contributed by atoms with Gasteiger partial charge in [-0.2, -0.15) is 8.42 Å². The Labute approximate surface area is 224 Å². The van der Waals surface area contributed by atoms with Crippen LogP contribution >= 0.6 is 46.4 Å². The van der Waals surface area contributed by atoms with Gasteiger partial charge in [0.1, 0.15) is 4.90 Å². The van der Waals surface area contributed by atoms with Gasteiger partial charge in [-0.3, -0.25) is 13.8 Å². The summed E-state index contributed by atoms with van der Waals surface area (Å²) in [6.45, 7) is 5.23. The molecule has 0 fully saturated rings. The van der Waals surface area contributed by atoms with E-state index in [1.54, 1.807) is 20.8 Å². The summed E-state index contributed by atoms with van der Waals surface area (Å²) in [6.07, 6.45) is 0. The molecule has 0 radical (unpaired) electrons. The second-order valence-electron chi connectivity index (χ2n) is 8.89. The van der Waals surface area contributed by atoms with E-state index in [4.69, 9.17) is 50.6 Å². The van der Waals surface area contributed by atoms with Crippen molar-refractivity contribution in [1.29, 1.82) is 0 Å². The van der Waals surface area contributed by atoms with Crippen LogP contribution in [-0.4, -0.2) is 26.6 Å². The van der Waals surface area contributed by atoms with Crippen LogP contribution in [0.2, 0.25) is 20.1 Å². The third kappa shape index (κ3) is 6.64. The Morgan fingerprint density at radius 1 is 0.743 bits per heavy atom. The molecule has 0 aliphatic rings. The van der Waals surface area contributed by atoms with Gasteiger partial charge < -0.3 is 0 Å². The summed E-state index contributed by atoms with van der Waals surface area (Å²) in [5.41, 5.74) is -0.661. The van der Waals surface area contributed by atoms with Crippen LogP contribution in [0.1, 0.15) is 52.6 Å². The highest BCUT2D eigenvalue weighted by Crippen LogP contribution is 2.30. The van der Waals surface area contributed by atoms with Crippen molar-refractivity contribution in [3.63, 3.8) is 0 Å². The average molecular weight is 574 g/mol. The zero-order chi connectivity index (χ0) is 26.1. The van der Waals surface area contributed by atoms with Gasteiger partial charge in [0.2, 0.25) is 0 Å². The molecule has 3 aromatic carbocycles. The van der Waals surface area contributed by atoms with Crippen LogP contribution in [0.15, 0.2) is 59.5 Å². The number of ketones is 2. The Morgan fingerprint density at radius 2 is 1.26 bits per heavy atom. The molecule has 35 heavy (non-hydrogen) atoms. The fraction of sp³-hybridized carbons (Fsp3) is 0.200. The van der Waals surface area contributed by atoms with Gasteiger partial charge in [0.15, 0.2) is 11.6 Å². The Kier molecular flexibility index (Phi) is 8.37. The highest BCUT2D eigenvalue weighted by atomic mass is 35.5. The summed E-state index contributed by atoms with van der Waals surface area (Å²) >= 11 is 24.4. The van der Waals surface area contributed by atoms with E-state index in [9.17, 15) is 18.0 Å². The largest absolute Gasteiger partial charge is 0.297 e. The second kappa shape index (κ2) is 10.6. The first-order valence-corrected chi connectivity index (χ1v) is 13.1. The molecule has 0 amide bonds. The minimum atomic E-state index is -4.46. The van der Waals surface area contributed by atoms with E-state index >= 15 is 0 Å². The molecule has 0 aliphatic heterocycles. The van der Waals surface area contributed by atoms with Crippen molar-refractivity contribution in [1.82, 2.24) is 0 Å². The minimum Gasteiger partial charge on any atom is -0.289 e. The number of hydrogen-bond acceptors (Lipinski definition) is 5. The van der Waals surface area contributed by atoms with E-state index < -0.39 is 32.0 Å². The van der Waals surface area contributed by atoms with Gasteiger partial charge in [0, 0.05) is 32.3 Å². The lowest BCUT2D eigenvalue weighted by Gasteiger charge is -2.19. The van der Waals surface area contributed by atoms with Gasteiger partial charge >= 0.3 is 0 Å². The second-order valence-corrected chi connectivity index (χ2v) is 12.2. The van der Waals surface area contributed by atoms with E-state index in [-0.39, 0.29) is 49.0 Å². The highest BCUT2D eigenvalue weighted by Gasteiger charge is 2.29. The van der Waals surface area contributed by atoms with Crippen molar-refractivity contribution in [2.75, 3.05) is 6.61 Å². The Balaban J connectivity index is 2.19. The van der Waals surface area contributed by atoms with Crippen LogP contribution in [0.3, 0.4) is 0 Å². The highest BCUT2D eigenvalue weighted by molar-refractivity contribution is 7.86. The van der Waals surface area contributed by atoms with Crippen molar-refractivity contribution in [3.05, 3.63) is 96.9 Å². The molecule has 10 heteroatoms. The molecular weight excluding hydrogens is 554 g/mol. The molecule has 0 N–H and O–H groups in total. The normalized spacial score (nSPS) is 12.0. The topological polar surface area (TPSA) is 77.5 Å². The Bertz CT molecular complexity index is 1430. The van der Waals surface area contributed by atoms with E-state index in [0.29, 0.717) is 0 Å². The van der Waals surface area contributed by atoms with Crippen LogP contribution in [0.25, 0.3) is 0 Å². The number of halogens is 4.